The minimum absolute atomic E-state index is 0.0162. The Kier molecular flexibility index (Phi) is 6.92. The number of aliphatic hydroxyl groups is 1. The van der Waals surface area contributed by atoms with Crippen LogP contribution in [0.4, 0.5) is 0 Å². The summed E-state index contributed by atoms with van der Waals surface area (Å²) in [5, 5.41) is 20.0. The Bertz CT molecular complexity index is 1340. The first kappa shape index (κ1) is 25.0. The van der Waals surface area contributed by atoms with Crippen LogP contribution in [-0.2, 0) is 10.0 Å². The Morgan fingerprint density at radius 1 is 0.917 bits per heavy atom. The maximum Gasteiger partial charge on any atom is 0.243 e. The third-order valence-electron chi connectivity index (χ3n) is 7.86. The van der Waals surface area contributed by atoms with E-state index < -0.39 is 10.0 Å². The van der Waals surface area contributed by atoms with E-state index in [1.54, 1.807) is 28.6 Å². The second kappa shape index (κ2) is 9.98. The summed E-state index contributed by atoms with van der Waals surface area (Å²) in [6, 6.07) is 20.9. The molecule has 2 aliphatic heterocycles. The number of phenolic OH excluding ortho intramolecular Hbond substituents is 1. The molecule has 2 fully saturated rings. The number of benzene rings is 3. The van der Waals surface area contributed by atoms with E-state index in [0.717, 1.165) is 47.2 Å². The number of fused-ring (bicyclic) bond motifs is 1. The Labute approximate surface area is 213 Å². The minimum atomic E-state index is -3.61. The maximum atomic E-state index is 13.6. The highest BCUT2D eigenvalue weighted by molar-refractivity contribution is 7.89. The fourth-order valence-corrected chi connectivity index (χ4v) is 7.69. The Morgan fingerprint density at radius 3 is 2.33 bits per heavy atom. The molecule has 190 valence electrons. The first-order valence-corrected chi connectivity index (χ1v) is 14.1. The van der Waals surface area contributed by atoms with E-state index in [1.807, 2.05) is 32.0 Å². The second-order valence-corrected chi connectivity index (χ2v) is 11.9. The first-order chi connectivity index (χ1) is 17.3. The van der Waals surface area contributed by atoms with Crippen LogP contribution in [0.2, 0.25) is 0 Å². The molecular formula is C29H34N2O4S. The van der Waals surface area contributed by atoms with E-state index >= 15 is 0 Å². The molecular weight excluding hydrogens is 472 g/mol. The van der Waals surface area contributed by atoms with Crippen LogP contribution in [0.1, 0.15) is 35.4 Å². The number of aromatic hydroxyl groups is 1. The molecule has 0 aromatic heterocycles. The molecule has 0 saturated carbocycles. The van der Waals surface area contributed by atoms with Crippen LogP contribution in [0.25, 0.3) is 11.1 Å². The topological polar surface area (TPSA) is 81.1 Å². The van der Waals surface area contributed by atoms with Crippen molar-refractivity contribution in [1.82, 2.24) is 9.21 Å². The van der Waals surface area contributed by atoms with Gasteiger partial charge in [-0.15, -0.1) is 0 Å². The first-order valence-electron chi connectivity index (χ1n) is 12.6. The number of rotatable bonds is 5. The quantitative estimate of drug-likeness (QED) is 0.540. The van der Waals surface area contributed by atoms with Gasteiger partial charge in [0.15, 0.2) is 0 Å². The van der Waals surface area contributed by atoms with Gasteiger partial charge in [0, 0.05) is 31.1 Å². The molecule has 2 saturated heterocycles. The molecule has 2 N–H and O–H groups in total. The Morgan fingerprint density at radius 2 is 1.64 bits per heavy atom. The highest BCUT2D eigenvalue weighted by Gasteiger charge is 2.50. The zero-order valence-corrected chi connectivity index (χ0v) is 21.7. The number of aliphatic hydroxyl groups excluding tert-OH is 1. The largest absolute Gasteiger partial charge is 0.508 e. The Hall–Kier alpha value is -2.71. The lowest BCUT2D eigenvalue weighted by molar-refractivity contribution is -0.0553. The average molecular weight is 507 g/mol. The number of aryl methyl sites for hydroxylation is 2. The van der Waals surface area contributed by atoms with Crippen molar-refractivity contribution in [2.75, 3.05) is 26.2 Å². The lowest BCUT2D eigenvalue weighted by atomic mass is 9.74. The van der Waals surface area contributed by atoms with Crippen LogP contribution in [0, 0.1) is 13.8 Å². The summed E-state index contributed by atoms with van der Waals surface area (Å²) in [7, 11) is -3.61. The van der Waals surface area contributed by atoms with Gasteiger partial charge in [0.05, 0.1) is 11.5 Å². The molecule has 0 spiro atoms. The van der Waals surface area contributed by atoms with Gasteiger partial charge in [-0.25, -0.2) is 8.42 Å². The van der Waals surface area contributed by atoms with Crippen molar-refractivity contribution in [3.05, 3.63) is 83.4 Å². The molecule has 0 radical (unpaired) electrons. The summed E-state index contributed by atoms with van der Waals surface area (Å²) >= 11 is 0. The predicted octanol–water partition coefficient (Wildman–Crippen LogP) is 4.29. The smallest absolute Gasteiger partial charge is 0.243 e. The molecule has 0 amide bonds. The number of phenols is 1. The van der Waals surface area contributed by atoms with Crippen LogP contribution >= 0.6 is 0 Å². The SMILES string of the molecule is Cc1cc(O)ccc1-c1ccc(C2[C@@H](CO)N3CCCCN(S(=O)(=O)c4ccccc4C)C[C@@H]23)cc1. The number of nitrogens with zero attached hydrogens (tertiary/aromatic N) is 2. The van der Waals surface area contributed by atoms with Gasteiger partial charge >= 0.3 is 0 Å². The van der Waals surface area contributed by atoms with Gasteiger partial charge < -0.3 is 10.2 Å². The van der Waals surface area contributed by atoms with Gasteiger partial charge in [0.2, 0.25) is 10.0 Å². The van der Waals surface area contributed by atoms with Crippen molar-refractivity contribution in [3.63, 3.8) is 0 Å². The maximum absolute atomic E-state index is 13.6. The molecule has 6 nitrogen and oxygen atoms in total. The summed E-state index contributed by atoms with van der Waals surface area (Å²) < 4.78 is 28.9. The zero-order valence-electron chi connectivity index (χ0n) is 20.8. The Balaban J connectivity index is 1.44. The summed E-state index contributed by atoms with van der Waals surface area (Å²) in [6.45, 7) is 5.66. The summed E-state index contributed by atoms with van der Waals surface area (Å²) in [4.78, 5) is 2.67. The van der Waals surface area contributed by atoms with Crippen molar-refractivity contribution in [2.45, 2.75) is 49.6 Å². The summed E-state index contributed by atoms with van der Waals surface area (Å²) in [5.74, 6) is 0.306. The third-order valence-corrected chi connectivity index (χ3v) is 9.89. The highest BCUT2D eigenvalue weighted by Crippen LogP contribution is 2.43. The van der Waals surface area contributed by atoms with Gasteiger partial charge in [-0.2, -0.15) is 4.31 Å². The molecule has 0 aliphatic carbocycles. The number of hydrogen-bond acceptors (Lipinski definition) is 5. The second-order valence-electron chi connectivity index (χ2n) is 10.0. The molecule has 5 rings (SSSR count). The van der Waals surface area contributed by atoms with Gasteiger partial charge in [0.1, 0.15) is 5.75 Å². The fraction of sp³-hybridized carbons (Fsp3) is 0.379. The normalized spacial score (nSPS) is 23.4. The van der Waals surface area contributed by atoms with E-state index in [0.29, 0.717) is 18.0 Å². The molecule has 3 atom stereocenters. The lowest BCUT2D eigenvalue weighted by Crippen LogP contribution is -2.67. The summed E-state index contributed by atoms with van der Waals surface area (Å²) in [5.41, 5.74) is 5.01. The van der Waals surface area contributed by atoms with Crippen LogP contribution < -0.4 is 0 Å². The summed E-state index contributed by atoms with van der Waals surface area (Å²) in [6.07, 6.45) is 1.70. The fourth-order valence-electron chi connectivity index (χ4n) is 5.97. The molecule has 3 aromatic rings. The van der Waals surface area contributed by atoms with Gasteiger partial charge in [-0.05, 0) is 79.3 Å². The molecule has 3 aromatic carbocycles. The van der Waals surface area contributed by atoms with Crippen LogP contribution in [0.3, 0.4) is 0 Å². The number of hydrogen-bond donors (Lipinski definition) is 2. The van der Waals surface area contributed by atoms with E-state index in [4.69, 9.17) is 0 Å². The van der Waals surface area contributed by atoms with E-state index in [-0.39, 0.29) is 30.4 Å². The monoisotopic (exact) mass is 506 g/mol. The van der Waals surface area contributed by atoms with Gasteiger partial charge in [-0.3, -0.25) is 4.90 Å². The molecule has 1 unspecified atom stereocenters. The van der Waals surface area contributed by atoms with Crippen molar-refractivity contribution in [2.24, 2.45) is 0 Å². The molecule has 7 heteroatoms. The van der Waals surface area contributed by atoms with Crippen molar-refractivity contribution >= 4 is 10.0 Å². The van der Waals surface area contributed by atoms with E-state index in [9.17, 15) is 18.6 Å². The van der Waals surface area contributed by atoms with Gasteiger partial charge in [0.25, 0.3) is 0 Å². The van der Waals surface area contributed by atoms with Crippen LogP contribution in [-0.4, -0.2) is 66.2 Å². The highest BCUT2D eigenvalue weighted by atomic mass is 32.2. The van der Waals surface area contributed by atoms with Crippen molar-refractivity contribution in [3.8, 4) is 16.9 Å². The van der Waals surface area contributed by atoms with Crippen LogP contribution in [0.5, 0.6) is 5.75 Å². The molecule has 36 heavy (non-hydrogen) atoms. The van der Waals surface area contributed by atoms with E-state index in [2.05, 4.69) is 29.2 Å². The predicted molar refractivity (Wildman–Crippen MR) is 142 cm³/mol. The van der Waals surface area contributed by atoms with Crippen LogP contribution in [0.15, 0.2) is 71.6 Å². The molecule has 0 bridgehead atoms. The van der Waals surface area contributed by atoms with Crippen molar-refractivity contribution < 1.29 is 18.6 Å². The minimum Gasteiger partial charge on any atom is -0.508 e. The zero-order chi connectivity index (χ0) is 25.4. The van der Waals surface area contributed by atoms with Gasteiger partial charge in [-0.1, -0.05) is 48.5 Å². The molecule has 2 aliphatic rings. The number of sulfonamides is 1. The molecule has 2 heterocycles. The van der Waals surface area contributed by atoms with E-state index in [1.165, 1.54) is 0 Å². The van der Waals surface area contributed by atoms with Crippen molar-refractivity contribution in [1.29, 1.82) is 0 Å². The lowest BCUT2D eigenvalue weighted by Gasteiger charge is -2.57. The standard InChI is InChI=1S/C29H34N2O4S/c1-20-7-3-4-8-28(20)36(34,35)30-15-5-6-16-31-26(18-30)29(27(31)19-32)23-11-9-22(10-12-23)25-14-13-24(33)17-21(25)2/h3-4,7-14,17,26-27,29,32-33H,5-6,15-16,18-19H2,1-2H3/t26-,27+,29?/m0/s1. The average Bonchev–Trinajstić information content (AvgIpc) is 2.83. The third kappa shape index (κ3) is 4.45.